The molecule has 18 heavy (non-hydrogen) atoms. The number of nitrogens with two attached hydrogens (primary N) is 1. The van der Waals surface area contributed by atoms with Crippen molar-refractivity contribution < 1.29 is 0 Å². The van der Waals surface area contributed by atoms with Crippen molar-refractivity contribution >= 4 is 16.5 Å². The molecule has 4 heteroatoms. The van der Waals surface area contributed by atoms with Gasteiger partial charge in [-0.05, 0) is 37.5 Å². The summed E-state index contributed by atoms with van der Waals surface area (Å²) in [5.74, 6) is 0. The molecule has 0 spiro atoms. The normalized spacial score (nSPS) is 27.1. The Hall–Kier alpha value is -0.610. The summed E-state index contributed by atoms with van der Waals surface area (Å²) in [6.07, 6.45) is 5.98. The first-order valence-electron chi connectivity index (χ1n) is 7.05. The summed E-state index contributed by atoms with van der Waals surface area (Å²) in [4.78, 5) is 8.64. The van der Waals surface area contributed by atoms with E-state index in [1.165, 1.54) is 35.0 Å². The van der Waals surface area contributed by atoms with Crippen LogP contribution in [0.15, 0.2) is 0 Å². The Labute approximate surface area is 113 Å². The molecule has 1 saturated heterocycles. The van der Waals surface area contributed by atoms with Gasteiger partial charge in [-0.25, -0.2) is 4.98 Å². The van der Waals surface area contributed by atoms with Crippen LogP contribution in [0.2, 0.25) is 0 Å². The first kappa shape index (κ1) is 12.4. The van der Waals surface area contributed by atoms with Gasteiger partial charge in [0.2, 0.25) is 0 Å². The molecule has 2 aliphatic rings. The van der Waals surface area contributed by atoms with Crippen LogP contribution >= 0.6 is 11.3 Å². The van der Waals surface area contributed by atoms with Crippen LogP contribution in [-0.2, 0) is 6.42 Å². The first-order chi connectivity index (χ1) is 8.55. The Morgan fingerprint density at radius 1 is 1.33 bits per heavy atom. The van der Waals surface area contributed by atoms with E-state index in [0.29, 0.717) is 5.41 Å². The number of piperidine rings is 1. The van der Waals surface area contributed by atoms with E-state index in [2.05, 4.69) is 18.7 Å². The maximum Gasteiger partial charge on any atom is 0.185 e. The molecule has 100 valence electrons. The number of aryl methyl sites for hydroxylation is 1. The summed E-state index contributed by atoms with van der Waals surface area (Å²) in [5, 5.41) is 1.22. The maximum absolute atomic E-state index is 6.18. The Morgan fingerprint density at radius 2 is 2.06 bits per heavy atom. The lowest BCUT2D eigenvalue weighted by Crippen LogP contribution is -2.37. The highest BCUT2D eigenvalue weighted by atomic mass is 32.1. The smallest absolute Gasteiger partial charge is 0.185 e. The third-order valence-corrected chi connectivity index (χ3v) is 5.66. The SMILES string of the molecule is CC1(C)CCN(c2nc3c(s2)C(N)CCC3)CC1. The zero-order chi connectivity index (χ0) is 12.8. The highest BCUT2D eigenvalue weighted by molar-refractivity contribution is 7.15. The molecule has 2 N–H and O–H groups in total. The molecule has 2 heterocycles. The van der Waals surface area contributed by atoms with Crippen molar-refractivity contribution in [1.29, 1.82) is 0 Å². The predicted octanol–water partition coefficient (Wildman–Crippen LogP) is 3.11. The summed E-state index contributed by atoms with van der Waals surface area (Å²) >= 11 is 1.84. The van der Waals surface area contributed by atoms with Crippen molar-refractivity contribution in [3.05, 3.63) is 10.6 Å². The van der Waals surface area contributed by atoms with Gasteiger partial charge in [0.15, 0.2) is 5.13 Å². The number of hydrogen-bond acceptors (Lipinski definition) is 4. The standard InChI is InChI=1S/C14H23N3S/c1-14(2)6-8-17(9-7-14)13-16-11-5-3-4-10(15)12(11)18-13/h10H,3-9,15H2,1-2H3. The summed E-state index contributed by atoms with van der Waals surface area (Å²) in [6, 6.07) is 0.237. The fourth-order valence-electron chi connectivity index (χ4n) is 2.88. The lowest BCUT2D eigenvalue weighted by Gasteiger charge is -2.36. The Morgan fingerprint density at radius 3 is 2.72 bits per heavy atom. The van der Waals surface area contributed by atoms with Gasteiger partial charge in [0.05, 0.1) is 5.69 Å². The molecule has 0 amide bonds. The molecule has 3 nitrogen and oxygen atoms in total. The Balaban J connectivity index is 1.78. The zero-order valence-electron chi connectivity index (χ0n) is 11.4. The van der Waals surface area contributed by atoms with Gasteiger partial charge in [0, 0.05) is 24.0 Å². The minimum Gasteiger partial charge on any atom is -0.348 e. The molecule has 1 aliphatic heterocycles. The van der Waals surface area contributed by atoms with Gasteiger partial charge in [0.1, 0.15) is 0 Å². The molecule has 0 bridgehead atoms. The largest absolute Gasteiger partial charge is 0.348 e. The van der Waals surface area contributed by atoms with Gasteiger partial charge < -0.3 is 10.6 Å². The van der Waals surface area contributed by atoms with Crippen LogP contribution in [0.5, 0.6) is 0 Å². The van der Waals surface area contributed by atoms with Crippen LogP contribution < -0.4 is 10.6 Å². The summed E-state index contributed by atoms with van der Waals surface area (Å²) in [6.45, 7) is 7.03. The number of nitrogens with zero attached hydrogens (tertiary/aromatic N) is 2. The van der Waals surface area contributed by atoms with E-state index in [9.17, 15) is 0 Å². The Kier molecular flexibility index (Phi) is 3.10. The van der Waals surface area contributed by atoms with Crippen LogP contribution in [0.1, 0.15) is 56.1 Å². The van der Waals surface area contributed by atoms with Crippen LogP contribution in [0.25, 0.3) is 0 Å². The number of anilines is 1. The minimum absolute atomic E-state index is 0.237. The van der Waals surface area contributed by atoms with Gasteiger partial charge >= 0.3 is 0 Å². The number of rotatable bonds is 1. The molecule has 0 aromatic carbocycles. The van der Waals surface area contributed by atoms with E-state index in [1.807, 2.05) is 11.3 Å². The monoisotopic (exact) mass is 265 g/mol. The summed E-state index contributed by atoms with van der Waals surface area (Å²) in [7, 11) is 0. The quantitative estimate of drug-likeness (QED) is 0.848. The number of fused-ring (bicyclic) bond motifs is 1. The fourth-order valence-corrected chi connectivity index (χ4v) is 4.08. The molecule has 1 aliphatic carbocycles. The second-order valence-corrected chi connectivity index (χ2v) is 7.47. The average molecular weight is 265 g/mol. The molecule has 1 atom stereocenters. The van der Waals surface area contributed by atoms with Crippen molar-refractivity contribution in [3.63, 3.8) is 0 Å². The number of thiazole rings is 1. The molecule has 1 unspecified atom stereocenters. The summed E-state index contributed by atoms with van der Waals surface area (Å²) < 4.78 is 0. The van der Waals surface area contributed by atoms with Gasteiger partial charge in [-0.2, -0.15) is 0 Å². The second kappa shape index (κ2) is 4.49. The van der Waals surface area contributed by atoms with Crippen LogP contribution in [0.3, 0.4) is 0 Å². The van der Waals surface area contributed by atoms with Crippen molar-refractivity contribution in [2.24, 2.45) is 11.1 Å². The third-order valence-electron chi connectivity index (χ3n) is 4.37. The third kappa shape index (κ3) is 2.28. The second-order valence-electron chi connectivity index (χ2n) is 6.46. The van der Waals surface area contributed by atoms with Gasteiger partial charge in [-0.3, -0.25) is 0 Å². The summed E-state index contributed by atoms with van der Waals surface area (Å²) in [5.41, 5.74) is 7.96. The molecular weight excluding hydrogens is 242 g/mol. The molecule has 0 saturated carbocycles. The highest BCUT2D eigenvalue weighted by Gasteiger charge is 2.29. The Bertz CT molecular complexity index is 428. The van der Waals surface area contributed by atoms with E-state index < -0.39 is 0 Å². The fraction of sp³-hybridized carbons (Fsp3) is 0.786. The van der Waals surface area contributed by atoms with Gasteiger partial charge in [-0.15, -0.1) is 0 Å². The van der Waals surface area contributed by atoms with Gasteiger partial charge in [-0.1, -0.05) is 25.2 Å². The first-order valence-corrected chi connectivity index (χ1v) is 7.87. The van der Waals surface area contributed by atoms with E-state index in [1.54, 1.807) is 0 Å². The number of hydrogen-bond donors (Lipinski definition) is 1. The topological polar surface area (TPSA) is 42.2 Å². The molecule has 1 fully saturated rings. The minimum atomic E-state index is 0.237. The van der Waals surface area contributed by atoms with E-state index in [4.69, 9.17) is 10.7 Å². The highest BCUT2D eigenvalue weighted by Crippen LogP contribution is 2.39. The lowest BCUT2D eigenvalue weighted by molar-refractivity contribution is 0.279. The van der Waals surface area contributed by atoms with E-state index >= 15 is 0 Å². The van der Waals surface area contributed by atoms with Crippen LogP contribution in [0, 0.1) is 5.41 Å². The van der Waals surface area contributed by atoms with Crippen molar-refractivity contribution in [1.82, 2.24) is 4.98 Å². The molecule has 1 aromatic heterocycles. The molecule has 0 radical (unpaired) electrons. The number of aromatic nitrogens is 1. The maximum atomic E-state index is 6.18. The van der Waals surface area contributed by atoms with Crippen molar-refractivity contribution in [2.75, 3.05) is 18.0 Å². The van der Waals surface area contributed by atoms with E-state index in [0.717, 1.165) is 25.9 Å². The average Bonchev–Trinajstić information content (AvgIpc) is 2.74. The van der Waals surface area contributed by atoms with Crippen LogP contribution in [0.4, 0.5) is 5.13 Å². The van der Waals surface area contributed by atoms with Crippen molar-refractivity contribution in [3.8, 4) is 0 Å². The molecule has 3 rings (SSSR count). The zero-order valence-corrected chi connectivity index (χ0v) is 12.2. The lowest BCUT2D eigenvalue weighted by atomic mass is 9.83. The van der Waals surface area contributed by atoms with E-state index in [-0.39, 0.29) is 6.04 Å². The van der Waals surface area contributed by atoms with Crippen molar-refractivity contribution in [2.45, 2.75) is 52.0 Å². The van der Waals surface area contributed by atoms with Gasteiger partial charge in [0.25, 0.3) is 0 Å². The molecule has 1 aromatic rings. The van der Waals surface area contributed by atoms with Crippen LogP contribution in [-0.4, -0.2) is 18.1 Å². The predicted molar refractivity (Wildman–Crippen MR) is 77.2 cm³/mol. The molecular formula is C14H23N3S.